The second kappa shape index (κ2) is 5.58. The summed E-state index contributed by atoms with van der Waals surface area (Å²) in [7, 11) is 0. The number of hydrogen-bond donors (Lipinski definition) is 2. The van der Waals surface area contributed by atoms with Crippen LogP contribution in [0, 0.1) is 0 Å². The molecule has 4 nitrogen and oxygen atoms in total. The minimum absolute atomic E-state index is 0.121. The molecule has 1 saturated carbocycles. The van der Waals surface area contributed by atoms with Crippen molar-refractivity contribution in [3.63, 3.8) is 0 Å². The molecule has 0 aromatic carbocycles. The van der Waals surface area contributed by atoms with E-state index in [4.69, 9.17) is 0 Å². The Morgan fingerprint density at radius 2 is 1.87 bits per heavy atom. The molecule has 2 heterocycles. The quantitative estimate of drug-likeness (QED) is 0.911. The number of alkyl halides is 3. The minimum atomic E-state index is -4.49. The maximum Gasteiger partial charge on any atom is 0.416 e. The van der Waals surface area contributed by atoms with Crippen LogP contribution in [0.2, 0.25) is 0 Å². The van der Waals surface area contributed by atoms with E-state index in [1.165, 1.54) is 6.20 Å². The van der Waals surface area contributed by atoms with E-state index in [1.54, 1.807) is 18.2 Å². The molecule has 3 rings (SSSR count). The average Bonchev–Trinajstić information content (AvgIpc) is 2.51. The van der Waals surface area contributed by atoms with Crippen molar-refractivity contribution in [2.45, 2.75) is 36.6 Å². The molecule has 0 aliphatic heterocycles. The number of halogens is 3. The van der Waals surface area contributed by atoms with Gasteiger partial charge in [0.25, 0.3) is 0 Å². The van der Waals surface area contributed by atoms with E-state index in [1.807, 2.05) is 0 Å². The van der Waals surface area contributed by atoms with Gasteiger partial charge in [-0.1, -0.05) is 6.07 Å². The van der Waals surface area contributed by atoms with E-state index >= 15 is 0 Å². The molecule has 0 radical (unpaired) electrons. The van der Waals surface area contributed by atoms with Crippen molar-refractivity contribution >= 4 is 0 Å². The highest BCUT2D eigenvalue weighted by Crippen LogP contribution is 2.51. The molecule has 122 valence electrons. The molecule has 1 aliphatic rings. The molecule has 1 fully saturated rings. The summed E-state index contributed by atoms with van der Waals surface area (Å²) < 4.78 is 38.8. The summed E-state index contributed by atoms with van der Waals surface area (Å²) in [6, 6.07) is 6.80. The highest BCUT2D eigenvalue weighted by Gasteiger charge is 2.52. The Balaban J connectivity index is 2.02. The van der Waals surface area contributed by atoms with Gasteiger partial charge in [0, 0.05) is 17.8 Å². The molecule has 0 bridgehead atoms. The molecule has 1 atom stereocenters. The first kappa shape index (κ1) is 15.9. The fourth-order valence-electron chi connectivity index (χ4n) is 3.05. The first-order chi connectivity index (χ1) is 10.8. The highest BCUT2D eigenvalue weighted by molar-refractivity contribution is 5.32. The van der Waals surface area contributed by atoms with Gasteiger partial charge in [-0.3, -0.25) is 9.97 Å². The van der Waals surface area contributed by atoms with Gasteiger partial charge in [0.2, 0.25) is 0 Å². The van der Waals surface area contributed by atoms with Crippen LogP contribution in [0.5, 0.6) is 0 Å². The molecular weight excluding hydrogens is 309 g/mol. The third kappa shape index (κ3) is 2.82. The molecule has 2 aromatic rings. The van der Waals surface area contributed by atoms with Crippen molar-refractivity contribution < 1.29 is 23.4 Å². The van der Waals surface area contributed by atoms with Crippen molar-refractivity contribution in [1.29, 1.82) is 0 Å². The monoisotopic (exact) mass is 324 g/mol. The summed E-state index contributed by atoms with van der Waals surface area (Å²) in [5.41, 5.74) is -1.42. The van der Waals surface area contributed by atoms with E-state index in [0.717, 1.165) is 18.3 Å². The maximum absolute atomic E-state index is 12.9. The Hall–Kier alpha value is -1.99. The molecule has 0 spiro atoms. The van der Waals surface area contributed by atoms with Crippen LogP contribution in [0.3, 0.4) is 0 Å². The fraction of sp³-hybridized carbons (Fsp3) is 0.375. The lowest BCUT2D eigenvalue weighted by Crippen LogP contribution is -2.49. The van der Waals surface area contributed by atoms with Crippen LogP contribution < -0.4 is 0 Å². The fourth-order valence-corrected chi connectivity index (χ4v) is 3.05. The Morgan fingerprint density at radius 3 is 2.43 bits per heavy atom. The third-order valence-electron chi connectivity index (χ3n) is 4.29. The van der Waals surface area contributed by atoms with Crippen molar-refractivity contribution in [2.75, 3.05) is 0 Å². The first-order valence-electron chi connectivity index (χ1n) is 7.14. The molecule has 2 N–H and O–H groups in total. The number of aliphatic hydroxyl groups is 2. The number of aliphatic hydroxyl groups excluding tert-OH is 2. The van der Waals surface area contributed by atoms with E-state index < -0.39 is 29.4 Å². The SMILES string of the molecule is O[C@H](c1ccccn1)[C@]1(c2cc(C(F)(F)F)ccn2)C[C@@H](O)C1. The summed E-state index contributed by atoms with van der Waals surface area (Å²) >= 11 is 0. The van der Waals surface area contributed by atoms with Crippen LogP contribution in [-0.4, -0.2) is 26.3 Å². The van der Waals surface area contributed by atoms with Gasteiger partial charge in [-0.2, -0.15) is 13.2 Å². The van der Waals surface area contributed by atoms with E-state index in [-0.39, 0.29) is 18.5 Å². The summed E-state index contributed by atoms with van der Waals surface area (Å²) in [4.78, 5) is 8.10. The van der Waals surface area contributed by atoms with E-state index in [0.29, 0.717) is 5.69 Å². The standard InChI is InChI=1S/C16H15F3N2O2/c17-16(18,19)10-4-6-21-13(7-10)15(8-11(22)9-15)14(23)12-3-1-2-5-20-12/h1-7,11,14,22-23H,8-9H2/t11-,14-,15-/m1/s1. The second-order valence-electron chi connectivity index (χ2n) is 5.80. The summed E-state index contributed by atoms with van der Waals surface area (Å²) in [5, 5.41) is 20.3. The zero-order chi connectivity index (χ0) is 16.7. The maximum atomic E-state index is 12.9. The Kier molecular flexibility index (Phi) is 3.85. The first-order valence-corrected chi connectivity index (χ1v) is 7.14. The molecule has 2 aromatic heterocycles. The Labute approximate surface area is 130 Å². The van der Waals surface area contributed by atoms with E-state index in [2.05, 4.69) is 9.97 Å². The van der Waals surface area contributed by atoms with Gasteiger partial charge >= 0.3 is 6.18 Å². The van der Waals surface area contributed by atoms with Gasteiger partial charge in [-0.05, 0) is 37.1 Å². The number of hydrogen-bond acceptors (Lipinski definition) is 4. The van der Waals surface area contributed by atoms with Crippen LogP contribution in [0.1, 0.15) is 35.9 Å². The van der Waals surface area contributed by atoms with Crippen LogP contribution in [0.15, 0.2) is 42.7 Å². The lowest BCUT2D eigenvalue weighted by atomic mass is 9.60. The van der Waals surface area contributed by atoms with Gasteiger partial charge in [-0.25, -0.2) is 0 Å². The van der Waals surface area contributed by atoms with E-state index in [9.17, 15) is 23.4 Å². The molecule has 23 heavy (non-hydrogen) atoms. The summed E-state index contributed by atoms with van der Waals surface area (Å²) in [5.74, 6) is 0. The smallest absolute Gasteiger partial charge is 0.393 e. The zero-order valence-corrected chi connectivity index (χ0v) is 12.0. The Bertz CT molecular complexity index is 685. The second-order valence-corrected chi connectivity index (χ2v) is 5.80. The van der Waals surface area contributed by atoms with Crippen LogP contribution >= 0.6 is 0 Å². The van der Waals surface area contributed by atoms with Crippen molar-refractivity contribution in [3.8, 4) is 0 Å². The van der Waals surface area contributed by atoms with Gasteiger partial charge in [-0.15, -0.1) is 0 Å². The molecule has 0 saturated heterocycles. The molecule has 1 aliphatic carbocycles. The van der Waals surface area contributed by atoms with Gasteiger partial charge in [0.1, 0.15) is 6.10 Å². The molecule has 0 amide bonds. The zero-order valence-electron chi connectivity index (χ0n) is 12.0. The highest BCUT2D eigenvalue weighted by atomic mass is 19.4. The van der Waals surface area contributed by atoms with Crippen molar-refractivity contribution in [2.24, 2.45) is 0 Å². The molecular formula is C16H15F3N2O2. The third-order valence-corrected chi connectivity index (χ3v) is 4.29. The van der Waals surface area contributed by atoms with Crippen LogP contribution in [0.25, 0.3) is 0 Å². The topological polar surface area (TPSA) is 66.2 Å². The average molecular weight is 324 g/mol. The van der Waals surface area contributed by atoms with Gasteiger partial charge < -0.3 is 10.2 Å². The van der Waals surface area contributed by atoms with Gasteiger partial charge in [0.15, 0.2) is 0 Å². The predicted octanol–water partition coefficient (Wildman–Crippen LogP) is 2.62. The van der Waals surface area contributed by atoms with Gasteiger partial charge in [0.05, 0.1) is 23.1 Å². The predicted molar refractivity (Wildman–Crippen MR) is 75.4 cm³/mol. The van der Waals surface area contributed by atoms with Crippen molar-refractivity contribution in [1.82, 2.24) is 9.97 Å². The number of nitrogens with zero attached hydrogens (tertiary/aromatic N) is 2. The summed E-state index contributed by atoms with van der Waals surface area (Å²) in [6.45, 7) is 0. The van der Waals surface area contributed by atoms with Crippen LogP contribution in [0.4, 0.5) is 13.2 Å². The Morgan fingerprint density at radius 1 is 1.13 bits per heavy atom. The molecule has 7 heteroatoms. The van der Waals surface area contributed by atoms with Crippen LogP contribution in [-0.2, 0) is 11.6 Å². The normalized spacial score (nSPS) is 25.7. The minimum Gasteiger partial charge on any atom is -0.393 e. The lowest BCUT2D eigenvalue weighted by molar-refractivity contribution is -0.138. The molecule has 0 unspecified atom stereocenters. The summed E-state index contributed by atoms with van der Waals surface area (Å²) in [6.07, 6.45) is -3.45. The number of pyridine rings is 2. The largest absolute Gasteiger partial charge is 0.416 e. The van der Waals surface area contributed by atoms with Crippen molar-refractivity contribution in [3.05, 3.63) is 59.7 Å². The lowest BCUT2D eigenvalue weighted by Gasteiger charge is -2.47. The number of rotatable bonds is 3. The number of aromatic nitrogens is 2.